The molecule has 0 aliphatic heterocycles. The number of nitrogens with zero attached hydrogens (tertiary/aromatic N) is 2. The molecule has 0 saturated carbocycles. The minimum atomic E-state index is -1.06. The number of aryl methyl sites for hydroxylation is 1. The zero-order chi connectivity index (χ0) is 7.56. The van der Waals surface area contributed by atoms with Crippen molar-refractivity contribution in [2.75, 3.05) is 6.26 Å². The number of hydrogen-bond acceptors (Lipinski definition) is 3. The number of rotatable bonds is 1. The summed E-state index contributed by atoms with van der Waals surface area (Å²) in [5, 5.41) is 0.403. The van der Waals surface area contributed by atoms with Gasteiger partial charge in [0.25, 0.3) is 0 Å². The van der Waals surface area contributed by atoms with Gasteiger partial charge in [-0.3, -0.25) is 4.21 Å². The lowest BCUT2D eigenvalue weighted by Gasteiger charge is -1.93. The van der Waals surface area contributed by atoms with Crippen LogP contribution < -0.4 is 0 Å². The average molecular weight is 156 g/mol. The van der Waals surface area contributed by atoms with E-state index in [0.29, 0.717) is 5.16 Å². The molecular formula is C6H8N2OS. The molecular weight excluding hydrogens is 148 g/mol. The summed E-state index contributed by atoms with van der Waals surface area (Å²) in [5.74, 6) is 0. The van der Waals surface area contributed by atoms with E-state index in [1.165, 1.54) is 0 Å². The van der Waals surface area contributed by atoms with Crippen LogP contribution in [-0.4, -0.2) is 20.4 Å². The first kappa shape index (κ1) is 7.34. The van der Waals surface area contributed by atoms with Gasteiger partial charge in [0.15, 0.2) is 0 Å². The zero-order valence-electron chi connectivity index (χ0n) is 5.87. The summed E-state index contributed by atoms with van der Waals surface area (Å²) in [7, 11) is -1.06. The van der Waals surface area contributed by atoms with Gasteiger partial charge in [0.2, 0.25) is 5.16 Å². The average Bonchev–Trinajstić information content (AvgIpc) is 1.88. The van der Waals surface area contributed by atoms with Crippen LogP contribution in [0.15, 0.2) is 17.4 Å². The summed E-state index contributed by atoms with van der Waals surface area (Å²) in [5.41, 5.74) is 0.847. The SMILES string of the molecule is Cc1ccnc([S@](C)=O)n1. The van der Waals surface area contributed by atoms with Crippen LogP contribution in [-0.2, 0) is 10.8 Å². The smallest absolute Gasteiger partial charge is 0.218 e. The fourth-order valence-corrected chi connectivity index (χ4v) is 1.05. The first-order chi connectivity index (χ1) is 4.70. The van der Waals surface area contributed by atoms with Gasteiger partial charge in [-0.25, -0.2) is 9.97 Å². The Kier molecular flexibility index (Phi) is 2.11. The van der Waals surface area contributed by atoms with Crippen LogP contribution in [0, 0.1) is 6.92 Å². The normalized spacial score (nSPS) is 13.0. The van der Waals surface area contributed by atoms with E-state index in [1.54, 1.807) is 18.5 Å². The maximum atomic E-state index is 10.8. The fourth-order valence-electron chi connectivity index (χ4n) is 0.564. The van der Waals surface area contributed by atoms with Crippen molar-refractivity contribution < 1.29 is 4.21 Å². The third kappa shape index (κ3) is 1.60. The molecule has 4 heteroatoms. The fraction of sp³-hybridized carbons (Fsp3) is 0.333. The summed E-state index contributed by atoms with van der Waals surface area (Å²) in [6.45, 7) is 1.85. The second-order valence-electron chi connectivity index (χ2n) is 1.93. The Labute approximate surface area is 62.0 Å². The van der Waals surface area contributed by atoms with Crippen molar-refractivity contribution in [3.05, 3.63) is 18.0 Å². The molecule has 0 aliphatic rings. The Bertz CT molecular complexity index is 262. The molecule has 0 fully saturated rings. The minimum absolute atomic E-state index is 0.403. The van der Waals surface area contributed by atoms with E-state index in [0.717, 1.165) is 5.69 Å². The van der Waals surface area contributed by atoms with Crippen molar-refractivity contribution in [1.82, 2.24) is 9.97 Å². The van der Waals surface area contributed by atoms with Gasteiger partial charge in [-0.05, 0) is 13.0 Å². The first-order valence-corrected chi connectivity index (χ1v) is 4.39. The highest BCUT2D eigenvalue weighted by atomic mass is 32.2. The van der Waals surface area contributed by atoms with Crippen molar-refractivity contribution in [3.8, 4) is 0 Å². The van der Waals surface area contributed by atoms with E-state index in [4.69, 9.17) is 0 Å². The van der Waals surface area contributed by atoms with Crippen LogP contribution in [0.25, 0.3) is 0 Å². The molecule has 0 aromatic carbocycles. The van der Waals surface area contributed by atoms with E-state index >= 15 is 0 Å². The largest absolute Gasteiger partial charge is 0.251 e. The van der Waals surface area contributed by atoms with Crippen molar-refractivity contribution >= 4 is 10.8 Å². The highest BCUT2D eigenvalue weighted by molar-refractivity contribution is 7.84. The molecule has 3 nitrogen and oxygen atoms in total. The first-order valence-electron chi connectivity index (χ1n) is 2.83. The van der Waals surface area contributed by atoms with Crippen molar-refractivity contribution in [2.24, 2.45) is 0 Å². The number of aromatic nitrogens is 2. The molecule has 0 radical (unpaired) electrons. The predicted molar refractivity (Wildman–Crippen MR) is 39.1 cm³/mol. The van der Waals surface area contributed by atoms with Gasteiger partial charge in [-0.1, -0.05) is 0 Å². The Morgan fingerprint density at radius 1 is 1.60 bits per heavy atom. The molecule has 0 bridgehead atoms. The molecule has 1 rings (SSSR count). The molecule has 1 aromatic rings. The summed E-state index contributed by atoms with van der Waals surface area (Å²) in [4.78, 5) is 7.79. The lowest BCUT2D eigenvalue weighted by atomic mass is 10.5. The van der Waals surface area contributed by atoms with Crippen LogP contribution in [0.5, 0.6) is 0 Å². The van der Waals surface area contributed by atoms with Crippen molar-refractivity contribution in [3.63, 3.8) is 0 Å². The van der Waals surface area contributed by atoms with Crippen LogP contribution in [0.3, 0.4) is 0 Å². The van der Waals surface area contributed by atoms with E-state index in [2.05, 4.69) is 9.97 Å². The van der Waals surface area contributed by atoms with Crippen LogP contribution >= 0.6 is 0 Å². The van der Waals surface area contributed by atoms with Gasteiger partial charge in [-0.15, -0.1) is 0 Å². The highest BCUT2D eigenvalue weighted by Gasteiger charge is 1.98. The quantitative estimate of drug-likeness (QED) is 0.557. The molecule has 0 saturated heterocycles. The molecule has 0 aliphatic carbocycles. The van der Waals surface area contributed by atoms with Gasteiger partial charge >= 0.3 is 0 Å². The molecule has 1 heterocycles. The Hall–Kier alpha value is -0.770. The maximum Gasteiger partial charge on any atom is 0.218 e. The third-order valence-corrected chi connectivity index (χ3v) is 1.74. The lowest BCUT2D eigenvalue weighted by Crippen LogP contribution is -1.96. The molecule has 0 spiro atoms. The Morgan fingerprint density at radius 3 is 2.70 bits per heavy atom. The lowest BCUT2D eigenvalue weighted by molar-refractivity contribution is 0.679. The Balaban J connectivity index is 3.07. The van der Waals surface area contributed by atoms with Crippen LogP contribution in [0.4, 0.5) is 0 Å². The Morgan fingerprint density at radius 2 is 2.30 bits per heavy atom. The van der Waals surface area contributed by atoms with Gasteiger partial charge in [0, 0.05) is 18.1 Å². The summed E-state index contributed by atoms with van der Waals surface area (Å²) in [6, 6.07) is 1.77. The van der Waals surface area contributed by atoms with Crippen LogP contribution in [0.1, 0.15) is 5.69 Å². The van der Waals surface area contributed by atoms with E-state index in [-0.39, 0.29) is 0 Å². The summed E-state index contributed by atoms with van der Waals surface area (Å²) >= 11 is 0. The molecule has 0 N–H and O–H groups in total. The van der Waals surface area contributed by atoms with Crippen LogP contribution in [0.2, 0.25) is 0 Å². The molecule has 1 aromatic heterocycles. The van der Waals surface area contributed by atoms with Crippen molar-refractivity contribution in [1.29, 1.82) is 0 Å². The number of hydrogen-bond donors (Lipinski definition) is 0. The van der Waals surface area contributed by atoms with Gasteiger partial charge < -0.3 is 0 Å². The van der Waals surface area contributed by atoms with E-state index in [1.807, 2.05) is 6.92 Å². The van der Waals surface area contributed by atoms with Gasteiger partial charge in [0.1, 0.15) is 0 Å². The van der Waals surface area contributed by atoms with Gasteiger partial charge in [0.05, 0.1) is 10.8 Å². The standard InChI is InChI=1S/C6H8N2OS/c1-5-3-4-7-6(8-5)10(2)9/h3-4H,1-2H3/t10-/m0/s1. The molecule has 1 atom stereocenters. The molecule has 10 heavy (non-hydrogen) atoms. The molecule has 0 unspecified atom stereocenters. The second kappa shape index (κ2) is 2.88. The molecule has 0 amide bonds. The maximum absolute atomic E-state index is 10.8. The van der Waals surface area contributed by atoms with Crippen molar-refractivity contribution in [2.45, 2.75) is 12.1 Å². The second-order valence-corrected chi connectivity index (χ2v) is 3.21. The zero-order valence-corrected chi connectivity index (χ0v) is 6.68. The summed E-state index contributed by atoms with van der Waals surface area (Å²) in [6.07, 6.45) is 3.17. The highest BCUT2D eigenvalue weighted by Crippen LogP contribution is 1.96. The predicted octanol–water partition coefficient (Wildman–Crippen LogP) is 0.522. The van der Waals surface area contributed by atoms with E-state index in [9.17, 15) is 4.21 Å². The van der Waals surface area contributed by atoms with E-state index < -0.39 is 10.8 Å². The monoisotopic (exact) mass is 156 g/mol. The third-order valence-electron chi connectivity index (χ3n) is 1.03. The topological polar surface area (TPSA) is 42.9 Å². The van der Waals surface area contributed by atoms with Gasteiger partial charge in [-0.2, -0.15) is 0 Å². The summed E-state index contributed by atoms with van der Waals surface area (Å²) < 4.78 is 10.8. The molecule has 54 valence electrons. The minimum Gasteiger partial charge on any atom is -0.251 e.